The molecule has 65 heavy (non-hydrogen) atoms. The van der Waals surface area contributed by atoms with Crippen LogP contribution in [-0.4, -0.2) is 0 Å². The SMILES string of the molecule is CC1(C)c2ccccc2-c2c(-c3ccc4c(c3)c(-c3ccc5ccccc5c3)c(-c3ccc5ccccc5c3)c3cc(-c5cc6ccccc6cc5-c5ccccc5)ccc34)cccc21. The van der Waals surface area contributed by atoms with E-state index in [4.69, 9.17) is 0 Å². The van der Waals surface area contributed by atoms with Crippen LogP contribution < -0.4 is 0 Å². The number of hydrogen-bond donors (Lipinski definition) is 0. The Bertz CT molecular complexity index is 3900. The van der Waals surface area contributed by atoms with Gasteiger partial charge in [-0.2, -0.15) is 0 Å². The zero-order valence-corrected chi connectivity index (χ0v) is 36.4. The molecule has 0 unspecified atom stereocenters. The van der Waals surface area contributed by atoms with Gasteiger partial charge >= 0.3 is 0 Å². The van der Waals surface area contributed by atoms with Gasteiger partial charge in [0.1, 0.15) is 0 Å². The monoisotopic (exact) mass is 824 g/mol. The molecule has 0 heteroatoms. The number of benzene rings is 12. The van der Waals surface area contributed by atoms with E-state index in [2.05, 4.69) is 244 Å². The number of hydrogen-bond acceptors (Lipinski definition) is 0. The summed E-state index contributed by atoms with van der Waals surface area (Å²) in [5.74, 6) is 0. The van der Waals surface area contributed by atoms with Crippen LogP contribution in [0.3, 0.4) is 0 Å². The molecule has 304 valence electrons. The Morgan fingerprint density at radius 1 is 0.231 bits per heavy atom. The third-order valence-electron chi connectivity index (χ3n) is 14.4. The van der Waals surface area contributed by atoms with E-state index in [9.17, 15) is 0 Å². The van der Waals surface area contributed by atoms with E-state index in [0.717, 1.165) is 0 Å². The van der Waals surface area contributed by atoms with E-state index < -0.39 is 0 Å². The lowest BCUT2D eigenvalue weighted by Crippen LogP contribution is -2.14. The Kier molecular flexibility index (Phi) is 8.36. The van der Waals surface area contributed by atoms with Crippen molar-refractivity contribution in [1.82, 2.24) is 0 Å². The molecule has 0 bridgehead atoms. The van der Waals surface area contributed by atoms with Crippen molar-refractivity contribution < 1.29 is 0 Å². The molecular weight excluding hydrogens is 781 g/mol. The van der Waals surface area contributed by atoms with E-state index in [0.29, 0.717) is 0 Å². The molecule has 13 rings (SSSR count). The predicted octanol–water partition coefficient (Wildman–Crippen LogP) is 18.1. The van der Waals surface area contributed by atoms with Gasteiger partial charge in [0.25, 0.3) is 0 Å². The molecule has 12 aromatic rings. The highest BCUT2D eigenvalue weighted by Gasteiger charge is 2.36. The summed E-state index contributed by atoms with van der Waals surface area (Å²) in [7, 11) is 0. The molecule has 0 nitrogen and oxygen atoms in total. The van der Waals surface area contributed by atoms with Gasteiger partial charge in [0.05, 0.1) is 0 Å². The summed E-state index contributed by atoms with van der Waals surface area (Å²) >= 11 is 0. The van der Waals surface area contributed by atoms with Crippen LogP contribution in [0.4, 0.5) is 0 Å². The fraction of sp³-hybridized carbons (Fsp3) is 0.0462. The molecular formula is C65H44. The van der Waals surface area contributed by atoms with Gasteiger partial charge in [-0.1, -0.05) is 208 Å². The van der Waals surface area contributed by atoms with Crippen molar-refractivity contribution in [1.29, 1.82) is 0 Å². The van der Waals surface area contributed by atoms with Crippen molar-refractivity contribution in [2.45, 2.75) is 19.3 Å². The van der Waals surface area contributed by atoms with E-state index in [-0.39, 0.29) is 5.41 Å². The minimum absolute atomic E-state index is 0.0857. The zero-order chi connectivity index (χ0) is 43.2. The van der Waals surface area contributed by atoms with Gasteiger partial charge in [0.15, 0.2) is 0 Å². The summed E-state index contributed by atoms with van der Waals surface area (Å²) in [6.07, 6.45) is 0. The first-order valence-electron chi connectivity index (χ1n) is 22.8. The highest BCUT2D eigenvalue weighted by Crippen LogP contribution is 2.53. The average molecular weight is 825 g/mol. The Morgan fingerprint density at radius 2 is 0.662 bits per heavy atom. The molecule has 0 N–H and O–H groups in total. The van der Waals surface area contributed by atoms with Crippen molar-refractivity contribution in [3.63, 3.8) is 0 Å². The summed E-state index contributed by atoms with van der Waals surface area (Å²) in [5.41, 5.74) is 17.7. The highest BCUT2D eigenvalue weighted by molar-refractivity contribution is 6.23. The van der Waals surface area contributed by atoms with Gasteiger partial charge in [-0.05, 0) is 168 Å². The average Bonchev–Trinajstić information content (AvgIpc) is 3.60. The second kappa shape index (κ2) is 14.5. The molecule has 0 saturated heterocycles. The molecule has 0 aromatic heterocycles. The number of rotatable bonds is 5. The largest absolute Gasteiger partial charge is 0.0622 e. The molecule has 0 aliphatic heterocycles. The van der Waals surface area contributed by atoms with E-state index in [1.165, 1.54) is 132 Å². The second-order valence-electron chi connectivity index (χ2n) is 18.4. The van der Waals surface area contributed by atoms with Crippen LogP contribution >= 0.6 is 0 Å². The van der Waals surface area contributed by atoms with E-state index in [1.54, 1.807) is 0 Å². The summed E-state index contributed by atoms with van der Waals surface area (Å²) in [6.45, 7) is 4.74. The summed E-state index contributed by atoms with van der Waals surface area (Å²) in [6, 6.07) is 86.4. The summed E-state index contributed by atoms with van der Waals surface area (Å²) in [5, 5.41) is 12.4. The molecule has 1 aliphatic rings. The van der Waals surface area contributed by atoms with Gasteiger partial charge in [-0.3, -0.25) is 0 Å². The van der Waals surface area contributed by atoms with Crippen molar-refractivity contribution in [3.05, 3.63) is 242 Å². The van der Waals surface area contributed by atoms with Gasteiger partial charge in [0, 0.05) is 5.41 Å². The van der Waals surface area contributed by atoms with Crippen LogP contribution in [0.1, 0.15) is 25.0 Å². The van der Waals surface area contributed by atoms with Crippen LogP contribution in [-0.2, 0) is 5.41 Å². The number of fused-ring (bicyclic) bond motifs is 9. The zero-order valence-electron chi connectivity index (χ0n) is 36.4. The highest BCUT2D eigenvalue weighted by atomic mass is 14.4. The maximum Gasteiger partial charge on any atom is 0.0159 e. The Balaban J connectivity index is 1.16. The third kappa shape index (κ3) is 5.91. The fourth-order valence-electron chi connectivity index (χ4n) is 11.2. The lowest BCUT2D eigenvalue weighted by molar-refractivity contribution is 0.660. The van der Waals surface area contributed by atoms with Crippen molar-refractivity contribution in [2.75, 3.05) is 0 Å². The molecule has 0 heterocycles. The van der Waals surface area contributed by atoms with E-state index >= 15 is 0 Å². The van der Waals surface area contributed by atoms with Gasteiger partial charge in [-0.15, -0.1) is 0 Å². The summed E-state index contributed by atoms with van der Waals surface area (Å²) < 4.78 is 0. The van der Waals surface area contributed by atoms with Gasteiger partial charge in [0.2, 0.25) is 0 Å². The molecule has 0 saturated carbocycles. The minimum atomic E-state index is -0.0857. The Morgan fingerprint density at radius 3 is 1.25 bits per heavy atom. The van der Waals surface area contributed by atoms with Crippen LogP contribution in [0.2, 0.25) is 0 Å². The first-order chi connectivity index (χ1) is 32.0. The molecule has 1 aliphatic carbocycles. The lowest BCUT2D eigenvalue weighted by atomic mass is 9.81. The third-order valence-corrected chi connectivity index (χ3v) is 14.4. The fourth-order valence-corrected chi connectivity index (χ4v) is 11.2. The second-order valence-corrected chi connectivity index (χ2v) is 18.4. The molecule has 0 amide bonds. The Labute approximate surface area is 379 Å². The maximum atomic E-state index is 2.50. The van der Waals surface area contributed by atoms with Crippen molar-refractivity contribution >= 4 is 53.9 Å². The first kappa shape index (κ1) is 37.5. The standard InChI is InChI=1S/C65H44/c1-65(2)60-25-13-12-23-55(60)64-52(24-14-26-61(64)65)48-31-33-53-54-34-32-49(57-38-47-22-11-10-21-46(47)37-56(57)43-17-4-3-5-18-43)40-59(54)63(51-30-28-42-16-7-9-20-45(42)36-51)62(58(53)39-48)50-29-27-41-15-6-8-19-44(41)35-50/h3-40H,1-2H3. The molecule has 12 aromatic carbocycles. The minimum Gasteiger partial charge on any atom is -0.0622 e. The summed E-state index contributed by atoms with van der Waals surface area (Å²) in [4.78, 5) is 0. The molecule has 0 fully saturated rings. The van der Waals surface area contributed by atoms with Crippen LogP contribution in [0, 0.1) is 0 Å². The lowest BCUT2D eigenvalue weighted by Gasteiger charge is -2.22. The van der Waals surface area contributed by atoms with Crippen molar-refractivity contribution in [3.8, 4) is 66.8 Å². The van der Waals surface area contributed by atoms with Crippen molar-refractivity contribution in [2.24, 2.45) is 0 Å². The normalized spacial score (nSPS) is 12.9. The van der Waals surface area contributed by atoms with Crippen LogP contribution in [0.25, 0.3) is 121 Å². The van der Waals surface area contributed by atoms with Gasteiger partial charge < -0.3 is 0 Å². The first-order valence-corrected chi connectivity index (χ1v) is 22.8. The predicted molar refractivity (Wildman–Crippen MR) is 279 cm³/mol. The molecule has 0 atom stereocenters. The maximum absolute atomic E-state index is 2.50. The molecule has 0 radical (unpaired) electrons. The van der Waals surface area contributed by atoms with Crippen LogP contribution in [0.5, 0.6) is 0 Å². The quantitative estimate of drug-likeness (QED) is 0.152. The van der Waals surface area contributed by atoms with Gasteiger partial charge in [-0.25, -0.2) is 0 Å². The Hall–Kier alpha value is -8.06. The topological polar surface area (TPSA) is 0 Å². The van der Waals surface area contributed by atoms with E-state index in [1.807, 2.05) is 0 Å². The molecule has 0 spiro atoms. The smallest absolute Gasteiger partial charge is 0.0159 e. The van der Waals surface area contributed by atoms with Crippen LogP contribution in [0.15, 0.2) is 231 Å².